The van der Waals surface area contributed by atoms with Crippen LogP contribution in [0.25, 0.3) is 22.1 Å². The number of ether oxygens (including phenoxy) is 1. The molecule has 0 radical (unpaired) electrons. The number of fused-ring (bicyclic) bond motifs is 2. The summed E-state index contributed by atoms with van der Waals surface area (Å²) in [7, 11) is 1.56. The molecule has 7 heteroatoms. The van der Waals surface area contributed by atoms with E-state index in [-0.39, 0.29) is 17.5 Å². The zero-order valence-corrected chi connectivity index (χ0v) is 20.9. The second kappa shape index (κ2) is 9.44. The first kappa shape index (κ1) is 23.4. The molecule has 0 bridgehead atoms. The summed E-state index contributed by atoms with van der Waals surface area (Å²) in [6.07, 6.45) is 1.61. The minimum Gasteiger partial charge on any atom is -0.497 e. The lowest BCUT2D eigenvalue weighted by Crippen LogP contribution is -2.19. The Morgan fingerprint density at radius 2 is 1.68 bits per heavy atom. The standard InChI is InChI=1S/C31H24N2O5/c1-19-7-3-4-8-21(19)18-33-24-15-16-37-27(24)17-25(33)31(35)32-28-23-9-5-6-10-26(23)38-30(28)29(34)20-11-13-22(36-2)14-12-20/h3-17H,18H2,1-2H3,(H,32,35). The largest absolute Gasteiger partial charge is 0.497 e. The van der Waals surface area contributed by atoms with Gasteiger partial charge >= 0.3 is 0 Å². The molecule has 6 aromatic rings. The van der Waals surface area contributed by atoms with E-state index in [1.165, 1.54) is 0 Å². The van der Waals surface area contributed by atoms with E-state index >= 15 is 0 Å². The molecule has 0 aliphatic rings. The van der Waals surface area contributed by atoms with Gasteiger partial charge in [0.15, 0.2) is 11.3 Å². The van der Waals surface area contributed by atoms with Crippen molar-refractivity contribution in [3.05, 3.63) is 119 Å². The first-order valence-electron chi connectivity index (χ1n) is 12.2. The highest BCUT2D eigenvalue weighted by molar-refractivity contribution is 6.19. The van der Waals surface area contributed by atoms with Crippen LogP contribution in [0.1, 0.15) is 37.7 Å². The van der Waals surface area contributed by atoms with E-state index in [4.69, 9.17) is 13.6 Å². The molecule has 0 unspecified atom stereocenters. The molecule has 38 heavy (non-hydrogen) atoms. The molecule has 3 heterocycles. The fraction of sp³-hybridized carbons (Fsp3) is 0.0968. The number of ketones is 1. The molecule has 0 saturated carbocycles. The molecule has 3 aromatic carbocycles. The number of anilines is 1. The SMILES string of the molecule is COc1ccc(C(=O)c2oc3ccccc3c2NC(=O)c2cc3occc3n2Cc2ccccc2C)cc1. The monoisotopic (exact) mass is 504 g/mol. The first-order chi connectivity index (χ1) is 18.5. The molecule has 1 N–H and O–H groups in total. The van der Waals surface area contributed by atoms with E-state index in [1.54, 1.807) is 49.8 Å². The second-order valence-corrected chi connectivity index (χ2v) is 9.03. The number of hydrogen-bond donors (Lipinski definition) is 1. The highest BCUT2D eigenvalue weighted by Gasteiger charge is 2.26. The van der Waals surface area contributed by atoms with Gasteiger partial charge in [0, 0.05) is 29.6 Å². The summed E-state index contributed by atoms with van der Waals surface area (Å²) >= 11 is 0. The van der Waals surface area contributed by atoms with Gasteiger partial charge in [-0.05, 0) is 54.4 Å². The normalized spacial score (nSPS) is 11.2. The van der Waals surface area contributed by atoms with Gasteiger partial charge in [-0.3, -0.25) is 9.59 Å². The summed E-state index contributed by atoms with van der Waals surface area (Å²) in [4.78, 5) is 27.3. The van der Waals surface area contributed by atoms with Gasteiger partial charge in [-0.2, -0.15) is 0 Å². The predicted octanol–water partition coefficient (Wildman–Crippen LogP) is 6.83. The minimum absolute atomic E-state index is 0.0606. The number of aryl methyl sites for hydroxylation is 1. The molecule has 0 fully saturated rings. The molecule has 0 aliphatic heterocycles. The number of nitrogens with zero attached hydrogens (tertiary/aromatic N) is 1. The Morgan fingerprint density at radius 3 is 2.47 bits per heavy atom. The van der Waals surface area contributed by atoms with Crippen LogP contribution in [0, 0.1) is 6.92 Å². The fourth-order valence-corrected chi connectivity index (χ4v) is 4.67. The number of nitrogens with one attached hydrogen (secondary N) is 1. The summed E-state index contributed by atoms with van der Waals surface area (Å²) in [6, 6.07) is 25.6. The van der Waals surface area contributed by atoms with Gasteiger partial charge in [0.1, 0.15) is 17.0 Å². The van der Waals surface area contributed by atoms with Crippen LogP contribution >= 0.6 is 0 Å². The van der Waals surface area contributed by atoms with Crippen LogP contribution < -0.4 is 10.1 Å². The van der Waals surface area contributed by atoms with Crippen molar-refractivity contribution < 1.29 is 23.2 Å². The Balaban J connectivity index is 1.41. The summed E-state index contributed by atoms with van der Waals surface area (Å²) in [5.41, 5.74) is 5.29. The molecule has 3 aromatic heterocycles. The number of benzene rings is 3. The maximum absolute atomic E-state index is 13.8. The summed E-state index contributed by atoms with van der Waals surface area (Å²) in [5, 5.41) is 3.61. The number of furan rings is 2. The van der Waals surface area contributed by atoms with Crippen molar-refractivity contribution in [2.45, 2.75) is 13.5 Å². The fourth-order valence-electron chi connectivity index (χ4n) is 4.67. The van der Waals surface area contributed by atoms with E-state index in [0.717, 1.165) is 16.6 Å². The lowest BCUT2D eigenvalue weighted by molar-refractivity contribution is 0.101. The number of amides is 1. The molecule has 6 rings (SSSR count). The molecule has 0 spiro atoms. The maximum atomic E-state index is 13.8. The summed E-state index contributed by atoms with van der Waals surface area (Å²) in [6.45, 7) is 2.53. The van der Waals surface area contributed by atoms with Crippen LogP contribution in [0.5, 0.6) is 5.75 Å². The Labute approximate surface area is 218 Å². The molecular weight excluding hydrogens is 480 g/mol. The van der Waals surface area contributed by atoms with Crippen molar-refractivity contribution in [1.82, 2.24) is 4.57 Å². The van der Waals surface area contributed by atoms with Crippen molar-refractivity contribution >= 4 is 39.4 Å². The number of methoxy groups -OCH3 is 1. The number of carbonyl (C=O) groups excluding carboxylic acids is 2. The zero-order valence-electron chi connectivity index (χ0n) is 20.9. The van der Waals surface area contributed by atoms with Crippen molar-refractivity contribution in [3.63, 3.8) is 0 Å². The highest BCUT2D eigenvalue weighted by Crippen LogP contribution is 2.34. The van der Waals surface area contributed by atoms with Crippen LogP contribution in [0.15, 0.2) is 100 Å². The van der Waals surface area contributed by atoms with Gasteiger partial charge in [0.05, 0.1) is 24.6 Å². The Kier molecular flexibility index (Phi) is 5.81. The van der Waals surface area contributed by atoms with E-state index in [2.05, 4.69) is 5.32 Å². The van der Waals surface area contributed by atoms with Crippen molar-refractivity contribution in [2.75, 3.05) is 12.4 Å². The topological polar surface area (TPSA) is 86.6 Å². The smallest absolute Gasteiger partial charge is 0.272 e. The predicted molar refractivity (Wildman–Crippen MR) is 145 cm³/mol. The number of para-hydroxylation sites is 1. The third-order valence-corrected chi connectivity index (χ3v) is 6.74. The average molecular weight is 505 g/mol. The van der Waals surface area contributed by atoms with E-state index in [1.807, 2.05) is 60.0 Å². The Bertz CT molecular complexity index is 1800. The van der Waals surface area contributed by atoms with Gasteiger partial charge < -0.3 is 23.5 Å². The van der Waals surface area contributed by atoms with E-state index in [0.29, 0.717) is 45.8 Å². The lowest BCUT2D eigenvalue weighted by Gasteiger charge is -2.12. The lowest BCUT2D eigenvalue weighted by atomic mass is 10.1. The third-order valence-electron chi connectivity index (χ3n) is 6.74. The van der Waals surface area contributed by atoms with Crippen LogP contribution in [-0.2, 0) is 6.54 Å². The van der Waals surface area contributed by atoms with Gasteiger partial charge in [-0.25, -0.2) is 0 Å². The summed E-state index contributed by atoms with van der Waals surface area (Å²) in [5.74, 6) is -0.0210. The number of rotatable bonds is 7. The van der Waals surface area contributed by atoms with Crippen LogP contribution in [0.4, 0.5) is 5.69 Å². The van der Waals surface area contributed by atoms with Crippen molar-refractivity contribution in [2.24, 2.45) is 0 Å². The van der Waals surface area contributed by atoms with Gasteiger partial charge in [-0.15, -0.1) is 0 Å². The number of carbonyl (C=O) groups is 2. The molecule has 7 nitrogen and oxygen atoms in total. The van der Waals surface area contributed by atoms with Gasteiger partial charge in [-0.1, -0.05) is 36.4 Å². The average Bonchev–Trinajstić information content (AvgIpc) is 3.64. The van der Waals surface area contributed by atoms with Gasteiger partial charge in [0.2, 0.25) is 5.78 Å². The van der Waals surface area contributed by atoms with Crippen LogP contribution in [-0.4, -0.2) is 23.4 Å². The minimum atomic E-state index is -0.375. The Morgan fingerprint density at radius 1 is 0.921 bits per heavy atom. The molecular formula is C31H24N2O5. The number of aromatic nitrogens is 1. The zero-order chi connectivity index (χ0) is 26.2. The molecule has 0 saturated heterocycles. The Hall–Kier alpha value is -5.04. The third kappa shape index (κ3) is 4.04. The highest BCUT2D eigenvalue weighted by atomic mass is 16.5. The van der Waals surface area contributed by atoms with E-state index < -0.39 is 0 Å². The number of hydrogen-bond acceptors (Lipinski definition) is 5. The quantitative estimate of drug-likeness (QED) is 0.241. The molecule has 0 atom stereocenters. The molecule has 0 aliphatic carbocycles. The van der Waals surface area contributed by atoms with E-state index in [9.17, 15) is 9.59 Å². The molecule has 1 amide bonds. The second-order valence-electron chi connectivity index (χ2n) is 9.03. The maximum Gasteiger partial charge on any atom is 0.272 e. The van der Waals surface area contributed by atoms with Crippen molar-refractivity contribution in [3.8, 4) is 5.75 Å². The van der Waals surface area contributed by atoms with Gasteiger partial charge in [0.25, 0.3) is 5.91 Å². The first-order valence-corrected chi connectivity index (χ1v) is 12.2. The van der Waals surface area contributed by atoms with Crippen molar-refractivity contribution in [1.29, 1.82) is 0 Å². The molecule has 188 valence electrons. The van der Waals surface area contributed by atoms with Crippen LogP contribution in [0.2, 0.25) is 0 Å². The summed E-state index contributed by atoms with van der Waals surface area (Å²) < 4.78 is 18.7. The van der Waals surface area contributed by atoms with Crippen LogP contribution in [0.3, 0.4) is 0 Å².